The zero-order valence-electron chi connectivity index (χ0n) is 17.1. The molecule has 4 aromatic rings. The molecule has 1 amide bonds. The molecule has 1 saturated heterocycles. The molecule has 4 heterocycles. The molecule has 0 bridgehead atoms. The molecular weight excluding hydrogens is 413 g/mol. The molecule has 3 aromatic heterocycles. The largest absolute Gasteiger partial charge is 0.397 e. The number of thiophene rings is 1. The summed E-state index contributed by atoms with van der Waals surface area (Å²) in [5, 5.41) is 9.03. The number of aryl methyl sites for hydroxylation is 2. The maximum absolute atomic E-state index is 15.5. The highest BCUT2D eigenvalue weighted by Gasteiger charge is 2.48. The number of halogens is 1. The first-order chi connectivity index (χ1) is 14.9. The summed E-state index contributed by atoms with van der Waals surface area (Å²) in [5.41, 5.74) is 9.38. The number of carbonyl (C=O) groups is 1. The smallest absolute Gasteiger partial charge is 0.266 e. The number of rotatable bonds is 3. The molecule has 8 heteroatoms. The summed E-state index contributed by atoms with van der Waals surface area (Å²) >= 11 is 1.21. The highest BCUT2D eigenvalue weighted by atomic mass is 32.1. The number of hydrogen-bond acceptors (Lipinski definition) is 6. The number of fused-ring (bicyclic) bond motifs is 1. The van der Waals surface area contributed by atoms with Gasteiger partial charge in [0.25, 0.3) is 5.91 Å². The summed E-state index contributed by atoms with van der Waals surface area (Å²) in [6, 6.07) is 11.2. The van der Waals surface area contributed by atoms with E-state index < -0.39 is 5.67 Å². The number of nitrogens with zero attached hydrogens (tertiary/aromatic N) is 4. The number of hydrogen-bond donors (Lipinski definition) is 1. The molecule has 156 valence electrons. The minimum atomic E-state index is -1.57. The fourth-order valence-electron chi connectivity index (χ4n) is 3.93. The number of carbonyl (C=O) groups excluding carboxylic acids is 1. The number of likely N-dealkylation sites (tertiary alicyclic amines) is 1. The van der Waals surface area contributed by atoms with E-state index in [9.17, 15) is 4.79 Å². The Morgan fingerprint density at radius 2 is 1.71 bits per heavy atom. The Bertz CT molecular complexity index is 1300. The second kappa shape index (κ2) is 7.09. The molecule has 0 radical (unpaired) electrons. The predicted octanol–water partition coefficient (Wildman–Crippen LogP) is 4.27. The molecule has 2 N–H and O–H groups in total. The van der Waals surface area contributed by atoms with Crippen LogP contribution in [0.25, 0.3) is 21.3 Å². The number of nitrogen functional groups attached to an aromatic ring is 1. The average Bonchev–Trinajstić information content (AvgIpc) is 3.11. The van der Waals surface area contributed by atoms with Crippen molar-refractivity contribution in [2.45, 2.75) is 19.5 Å². The topological polar surface area (TPSA) is 85.0 Å². The fourth-order valence-corrected chi connectivity index (χ4v) is 5.00. The van der Waals surface area contributed by atoms with Gasteiger partial charge in [-0.15, -0.1) is 16.4 Å². The van der Waals surface area contributed by atoms with Crippen LogP contribution >= 0.6 is 11.3 Å². The summed E-state index contributed by atoms with van der Waals surface area (Å²) in [4.78, 5) is 19.5. The van der Waals surface area contributed by atoms with E-state index in [1.165, 1.54) is 16.2 Å². The van der Waals surface area contributed by atoms with Gasteiger partial charge in [0.05, 0.1) is 24.5 Å². The zero-order valence-corrected chi connectivity index (χ0v) is 17.9. The Morgan fingerprint density at radius 3 is 2.39 bits per heavy atom. The van der Waals surface area contributed by atoms with Crippen LogP contribution in [0.5, 0.6) is 0 Å². The van der Waals surface area contributed by atoms with Crippen molar-refractivity contribution in [3.05, 3.63) is 70.5 Å². The Hall–Kier alpha value is -3.39. The number of anilines is 1. The highest BCUT2D eigenvalue weighted by molar-refractivity contribution is 7.21. The number of pyridine rings is 1. The first-order valence-electron chi connectivity index (χ1n) is 9.88. The van der Waals surface area contributed by atoms with Gasteiger partial charge in [0.2, 0.25) is 0 Å². The molecule has 31 heavy (non-hydrogen) atoms. The van der Waals surface area contributed by atoms with E-state index >= 15 is 4.39 Å². The van der Waals surface area contributed by atoms with E-state index in [2.05, 4.69) is 15.2 Å². The summed E-state index contributed by atoms with van der Waals surface area (Å²) in [5.74, 6) is -0.265. The number of benzene rings is 1. The molecule has 1 aliphatic rings. The standard InChI is InChI=1S/C23H20FN5OS/c1-13-14(2)27-28-21-18(13)19(25)20(31-21)22(30)29-11-23(24,12-29)17-5-3-15(4-6-17)16-7-9-26-10-8-16/h3-10H,11-12,25H2,1-2H3. The second-order valence-corrected chi connectivity index (χ2v) is 8.87. The quantitative estimate of drug-likeness (QED) is 0.521. The van der Waals surface area contributed by atoms with Gasteiger partial charge >= 0.3 is 0 Å². The summed E-state index contributed by atoms with van der Waals surface area (Å²) in [6.45, 7) is 3.76. The molecule has 1 fully saturated rings. The van der Waals surface area contributed by atoms with Crippen LogP contribution in [0, 0.1) is 13.8 Å². The van der Waals surface area contributed by atoms with Crippen molar-refractivity contribution in [2.24, 2.45) is 0 Å². The van der Waals surface area contributed by atoms with Gasteiger partial charge in [0.15, 0.2) is 5.67 Å². The van der Waals surface area contributed by atoms with Crippen molar-refractivity contribution in [3.63, 3.8) is 0 Å². The van der Waals surface area contributed by atoms with Gasteiger partial charge in [0.1, 0.15) is 9.71 Å². The second-order valence-electron chi connectivity index (χ2n) is 7.88. The third kappa shape index (κ3) is 3.14. The first kappa shape index (κ1) is 19.6. The molecule has 0 spiro atoms. The minimum Gasteiger partial charge on any atom is -0.397 e. The number of amides is 1. The Kier molecular flexibility index (Phi) is 4.48. The van der Waals surface area contributed by atoms with Crippen molar-refractivity contribution in [1.82, 2.24) is 20.1 Å². The molecule has 1 aromatic carbocycles. The zero-order chi connectivity index (χ0) is 21.8. The first-order valence-corrected chi connectivity index (χ1v) is 10.7. The van der Waals surface area contributed by atoms with Crippen LogP contribution in [-0.2, 0) is 5.67 Å². The third-order valence-electron chi connectivity index (χ3n) is 5.92. The van der Waals surface area contributed by atoms with E-state index in [0.29, 0.717) is 21.0 Å². The van der Waals surface area contributed by atoms with Gasteiger partial charge in [-0.3, -0.25) is 9.78 Å². The molecule has 0 saturated carbocycles. The average molecular weight is 434 g/mol. The van der Waals surface area contributed by atoms with Crippen LogP contribution < -0.4 is 5.73 Å². The van der Waals surface area contributed by atoms with Gasteiger partial charge in [-0.1, -0.05) is 24.3 Å². The maximum Gasteiger partial charge on any atom is 0.266 e. The van der Waals surface area contributed by atoms with E-state index in [1.54, 1.807) is 24.5 Å². The lowest BCUT2D eigenvalue weighted by Gasteiger charge is -2.44. The normalized spacial score (nSPS) is 15.1. The van der Waals surface area contributed by atoms with Crippen LogP contribution in [0.1, 0.15) is 26.5 Å². The Labute approximate surface area is 182 Å². The van der Waals surface area contributed by atoms with E-state index in [-0.39, 0.29) is 19.0 Å². The van der Waals surface area contributed by atoms with Crippen molar-refractivity contribution < 1.29 is 9.18 Å². The Balaban J connectivity index is 1.35. The minimum absolute atomic E-state index is 0.00217. The van der Waals surface area contributed by atoms with Crippen molar-refractivity contribution >= 4 is 33.1 Å². The molecule has 0 unspecified atom stereocenters. The lowest BCUT2D eigenvalue weighted by atomic mass is 9.87. The number of aromatic nitrogens is 3. The van der Waals surface area contributed by atoms with Gasteiger partial charge < -0.3 is 10.6 Å². The van der Waals surface area contributed by atoms with Crippen molar-refractivity contribution in [1.29, 1.82) is 0 Å². The monoisotopic (exact) mass is 433 g/mol. The molecular formula is C23H20FN5OS. The van der Waals surface area contributed by atoms with E-state index in [1.807, 2.05) is 38.1 Å². The lowest BCUT2D eigenvalue weighted by Crippen LogP contribution is -2.58. The van der Waals surface area contributed by atoms with E-state index in [4.69, 9.17) is 5.73 Å². The maximum atomic E-state index is 15.5. The van der Waals surface area contributed by atoms with Gasteiger partial charge in [-0.2, -0.15) is 5.10 Å². The van der Waals surface area contributed by atoms with Crippen LogP contribution in [0.2, 0.25) is 0 Å². The molecule has 6 nitrogen and oxygen atoms in total. The van der Waals surface area contributed by atoms with Gasteiger partial charge in [-0.05, 0) is 48.2 Å². The van der Waals surface area contributed by atoms with Crippen molar-refractivity contribution in [2.75, 3.05) is 18.8 Å². The van der Waals surface area contributed by atoms with Crippen LogP contribution in [-0.4, -0.2) is 39.1 Å². The highest BCUT2D eigenvalue weighted by Crippen LogP contribution is 2.41. The SMILES string of the molecule is Cc1nnc2sc(C(=O)N3CC(F)(c4ccc(-c5ccncc5)cc4)C3)c(N)c2c1C. The summed E-state index contributed by atoms with van der Waals surface area (Å²) in [7, 11) is 0. The van der Waals surface area contributed by atoms with Gasteiger partial charge in [0, 0.05) is 17.8 Å². The number of alkyl halides is 1. The molecule has 5 rings (SSSR count). The Morgan fingerprint density at radius 1 is 1.06 bits per heavy atom. The predicted molar refractivity (Wildman–Crippen MR) is 120 cm³/mol. The van der Waals surface area contributed by atoms with Crippen LogP contribution in [0.4, 0.5) is 10.1 Å². The third-order valence-corrected chi connectivity index (χ3v) is 6.99. The fraction of sp³-hybridized carbons (Fsp3) is 0.217. The molecule has 1 aliphatic heterocycles. The molecule has 0 aliphatic carbocycles. The molecule has 0 atom stereocenters. The van der Waals surface area contributed by atoms with E-state index in [0.717, 1.165) is 27.8 Å². The van der Waals surface area contributed by atoms with Crippen LogP contribution in [0.15, 0.2) is 48.8 Å². The summed E-state index contributed by atoms with van der Waals surface area (Å²) in [6.07, 6.45) is 3.45. The van der Waals surface area contributed by atoms with Crippen molar-refractivity contribution in [3.8, 4) is 11.1 Å². The lowest BCUT2D eigenvalue weighted by molar-refractivity contribution is -0.0227. The number of nitrogens with two attached hydrogens (primary N) is 1. The van der Waals surface area contributed by atoms with Crippen LogP contribution in [0.3, 0.4) is 0 Å². The summed E-state index contributed by atoms with van der Waals surface area (Å²) < 4.78 is 15.5. The van der Waals surface area contributed by atoms with Gasteiger partial charge in [-0.25, -0.2) is 4.39 Å².